The quantitative estimate of drug-likeness (QED) is 0.776. The van der Waals surface area contributed by atoms with E-state index in [1.165, 1.54) is 24.6 Å². The minimum atomic E-state index is -1.12. The number of aromatic nitrogens is 1. The van der Waals surface area contributed by atoms with Crippen LogP contribution in [0.2, 0.25) is 0 Å². The number of carboxylic acids is 1. The van der Waals surface area contributed by atoms with Gasteiger partial charge < -0.3 is 20.2 Å². The van der Waals surface area contributed by atoms with E-state index >= 15 is 0 Å². The van der Waals surface area contributed by atoms with Gasteiger partial charge in [0.15, 0.2) is 0 Å². The summed E-state index contributed by atoms with van der Waals surface area (Å²) in [5.74, 6) is -0.483. The number of anilines is 1. The van der Waals surface area contributed by atoms with E-state index in [0.29, 0.717) is 11.4 Å². The third-order valence-electron chi connectivity index (χ3n) is 2.24. The van der Waals surface area contributed by atoms with Crippen LogP contribution < -0.4 is 10.6 Å². The zero-order valence-corrected chi connectivity index (χ0v) is 9.79. The molecule has 7 nitrogen and oxygen atoms in total. The third kappa shape index (κ3) is 3.56. The molecule has 2 aromatic heterocycles. The Morgan fingerprint density at radius 3 is 2.74 bits per heavy atom. The molecule has 3 N–H and O–H groups in total. The van der Waals surface area contributed by atoms with Gasteiger partial charge in [0.05, 0.1) is 24.7 Å². The summed E-state index contributed by atoms with van der Waals surface area (Å²) < 4.78 is 5.06. The predicted molar refractivity (Wildman–Crippen MR) is 65.8 cm³/mol. The first-order valence-electron chi connectivity index (χ1n) is 5.42. The van der Waals surface area contributed by atoms with E-state index in [4.69, 9.17) is 9.52 Å². The number of furan rings is 1. The lowest BCUT2D eigenvalue weighted by atomic mass is 10.3. The highest BCUT2D eigenvalue weighted by Gasteiger charge is 2.06. The molecule has 7 heteroatoms. The molecule has 0 spiro atoms. The summed E-state index contributed by atoms with van der Waals surface area (Å²) in [5, 5.41) is 13.8. The molecular weight excluding hydrogens is 250 g/mol. The highest BCUT2D eigenvalue weighted by atomic mass is 16.4. The second kappa shape index (κ2) is 5.67. The minimum Gasteiger partial charge on any atom is -0.477 e. The van der Waals surface area contributed by atoms with Gasteiger partial charge >= 0.3 is 12.0 Å². The Balaban J connectivity index is 1.86. The molecule has 2 aromatic rings. The summed E-state index contributed by atoms with van der Waals surface area (Å²) in [7, 11) is 0. The molecule has 2 rings (SSSR count). The van der Waals surface area contributed by atoms with Gasteiger partial charge in [-0.1, -0.05) is 0 Å². The van der Waals surface area contributed by atoms with Crippen molar-refractivity contribution in [2.75, 3.05) is 5.32 Å². The normalized spacial score (nSPS) is 9.89. The molecule has 98 valence electrons. The molecule has 2 amide bonds. The molecule has 0 aliphatic heterocycles. The van der Waals surface area contributed by atoms with Gasteiger partial charge in [0, 0.05) is 0 Å². The van der Waals surface area contributed by atoms with Crippen LogP contribution >= 0.6 is 0 Å². The van der Waals surface area contributed by atoms with Crippen molar-refractivity contribution >= 4 is 17.7 Å². The van der Waals surface area contributed by atoms with Crippen molar-refractivity contribution in [2.45, 2.75) is 6.54 Å². The van der Waals surface area contributed by atoms with Crippen LogP contribution in [0.3, 0.4) is 0 Å². The topological polar surface area (TPSA) is 104 Å². The molecule has 0 bridgehead atoms. The van der Waals surface area contributed by atoms with Crippen molar-refractivity contribution in [1.29, 1.82) is 0 Å². The van der Waals surface area contributed by atoms with Gasteiger partial charge in [-0.05, 0) is 24.3 Å². The van der Waals surface area contributed by atoms with Crippen molar-refractivity contribution in [3.05, 3.63) is 48.2 Å². The minimum absolute atomic E-state index is 0.0819. The summed E-state index contributed by atoms with van der Waals surface area (Å²) in [6.45, 7) is 0.263. The Labute approximate surface area is 108 Å². The Morgan fingerprint density at radius 2 is 2.16 bits per heavy atom. The average molecular weight is 261 g/mol. The van der Waals surface area contributed by atoms with E-state index in [9.17, 15) is 9.59 Å². The number of carboxylic acid groups (broad SMARTS) is 1. The molecule has 0 fully saturated rings. The maximum absolute atomic E-state index is 11.5. The fourth-order valence-corrected chi connectivity index (χ4v) is 1.35. The molecule has 0 saturated carbocycles. The number of hydrogen-bond acceptors (Lipinski definition) is 4. The smallest absolute Gasteiger partial charge is 0.354 e. The summed E-state index contributed by atoms with van der Waals surface area (Å²) in [6, 6.07) is 5.81. The monoisotopic (exact) mass is 261 g/mol. The fraction of sp³-hybridized carbons (Fsp3) is 0.0833. The number of aromatic carboxylic acids is 1. The van der Waals surface area contributed by atoms with E-state index in [1.807, 2.05) is 0 Å². The predicted octanol–water partition coefficient (Wildman–Crippen LogP) is 1.69. The Kier molecular flexibility index (Phi) is 3.77. The van der Waals surface area contributed by atoms with Crippen molar-refractivity contribution in [2.24, 2.45) is 0 Å². The number of amides is 2. The fourth-order valence-electron chi connectivity index (χ4n) is 1.35. The molecule has 0 aliphatic carbocycles. The van der Waals surface area contributed by atoms with E-state index in [2.05, 4.69) is 15.6 Å². The number of carbonyl (C=O) groups excluding carboxylic acids is 1. The van der Waals surface area contributed by atoms with Gasteiger partial charge in [-0.3, -0.25) is 0 Å². The molecule has 0 aliphatic rings. The summed E-state index contributed by atoms with van der Waals surface area (Å²) >= 11 is 0. The molecule has 0 aromatic carbocycles. The Hall–Kier alpha value is -2.83. The van der Waals surface area contributed by atoms with E-state index in [1.54, 1.807) is 12.1 Å². The molecule has 0 atom stereocenters. The second-order valence-corrected chi connectivity index (χ2v) is 3.62. The van der Waals surface area contributed by atoms with Crippen LogP contribution in [0, 0.1) is 0 Å². The third-order valence-corrected chi connectivity index (χ3v) is 2.24. The molecule has 0 radical (unpaired) electrons. The molecule has 0 unspecified atom stereocenters. The van der Waals surface area contributed by atoms with Crippen molar-refractivity contribution < 1.29 is 19.1 Å². The van der Waals surface area contributed by atoms with Crippen LogP contribution in [0.15, 0.2) is 41.1 Å². The van der Waals surface area contributed by atoms with Crippen LogP contribution in [-0.4, -0.2) is 22.1 Å². The average Bonchev–Trinajstić information content (AvgIpc) is 2.90. The lowest BCUT2D eigenvalue weighted by molar-refractivity contribution is 0.0690. The van der Waals surface area contributed by atoms with Gasteiger partial charge in [0.2, 0.25) is 0 Å². The van der Waals surface area contributed by atoms with Crippen LogP contribution in [0.1, 0.15) is 16.2 Å². The zero-order valence-electron chi connectivity index (χ0n) is 9.79. The summed E-state index contributed by atoms with van der Waals surface area (Å²) in [6.07, 6.45) is 2.79. The number of hydrogen-bond donors (Lipinski definition) is 3. The SMILES string of the molecule is O=C(NCc1ccco1)Nc1ccc(C(=O)O)nc1. The zero-order chi connectivity index (χ0) is 13.7. The molecular formula is C12H11N3O4. The summed E-state index contributed by atoms with van der Waals surface area (Å²) in [5.41, 5.74) is 0.323. The number of nitrogens with one attached hydrogen (secondary N) is 2. The van der Waals surface area contributed by atoms with E-state index in [0.717, 1.165) is 0 Å². The number of nitrogens with zero attached hydrogens (tertiary/aromatic N) is 1. The van der Waals surface area contributed by atoms with Crippen molar-refractivity contribution in [1.82, 2.24) is 10.3 Å². The van der Waals surface area contributed by atoms with Gasteiger partial charge in [-0.2, -0.15) is 0 Å². The number of carbonyl (C=O) groups is 2. The number of urea groups is 1. The van der Waals surface area contributed by atoms with Gasteiger partial charge in [0.1, 0.15) is 11.5 Å². The van der Waals surface area contributed by atoms with Crippen LogP contribution in [0.5, 0.6) is 0 Å². The lowest BCUT2D eigenvalue weighted by Gasteiger charge is -2.06. The lowest BCUT2D eigenvalue weighted by Crippen LogP contribution is -2.28. The van der Waals surface area contributed by atoms with Gasteiger partial charge in [-0.25, -0.2) is 14.6 Å². The standard InChI is InChI=1S/C12H11N3O4/c16-11(17)10-4-3-8(6-13-10)15-12(18)14-7-9-2-1-5-19-9/h1-6H,7H2,(H,16,17)(H2,14,15,18). The van der Waals surface area contributed by atoms with E-state index in [-0.39, 0.29) is 12.2 Å². The highest BCUT2D eigenvalue weighted by molar-refractivity contribution is 5.90. The maximum atomic E-state index is 11.5. The van der Waals surface area contributed by atoms with Gasteiger partial charge in [-0.15, -0.1) is 0 Å². The number of pyridine rings is 1. The number of rotatable bonds is 4. The van der Waals surface area contributed by atoms with Gasteiger partial charge in [0.25, 0.3) is 0 Å². The van der Waals surface area contributed by atoms with Crippen LogP contribution in [0.25, 0.3) is 0 Å². The Bertz CT molecular complexity index is 563. The maximum Gasteiger partial charge on any atom is 0.354 e. The second-order valence-electron chi connectivity index (χ2n) is 3.62. The van der Waals surface area contributed by atoms with E-state index < -0.39 is 12.0 Å². The first kappa shape index (κ1) is 12.6. The van der Waals surface area contributed by atoms with Crippen molar-refractivity contribution in [3.8, 4) is 0 Å². The summed E-state index contributed by atoms with van der Waals surface area (Å²) in [4.78, 5) is 25.8. The van der Waals surface area contributed by atoms with Crippen molar-refractivity contribution in [3.63, 3.8) is 0 Å². The highest BCUT2D eigenvalue weighted by Crippen LogP contribution is 2.06. The first-order valence-corrected chi connectivity index (χ1v) is 5.42. The van der Waals surface area contributed by atoms with Crippen LogP contribution in [0.4, 0.5) is 10.5 Å². The largest absolute Gasteiger partial charge is 0.477 e. The molecule has 2 heterocycles. The molecule has 0 saturated heterocycles. The Morgan fingerprint density at radius 1 is 1.32 bits per heavy atom. The van der Waals surface area contributed by atoms with Crippen LogP contribution in [-0.2, 0) is 6.54 Å². The first-order chi connectivity index (χ1) is 9.15. The molecule has 19 heavy (non-hydrogen) atoms.